The largest absolute Gasteiger partial charge is 0.462 e. The Bertz CT molecular complexity index is 1600. The van der Waals surface area contributed by atoms with Crippen molar-refractivity contribution in [3.05, 3.63) is 134 Å². The lowest BCUT2D eigenvalue weighted by Gasteiger charge is -2.18. The van der Waals surface area contributed by atoms with Crippen LogP contribution in [0.4, 0.5) is 0 Å². The zero-order valence-electron chi connectivity index (χ0n) is 47.8. The maximum atomic E-state index is 12.8. The Labute approximate surface area is 455 Å². The molecule has 0 N–H and O–H groups in total. The summed E-state index contributed by atoms with van der Waals surface area (Å²) in [7, 11) is 0. The van der Waals surface area contributed by atoms with Crippen LogP contribution in [0.1, 0.15) is 258 Å². The van der Waals surface area contributed by atoms with E-state index in [9.17, 15) is 14.4 Å². The zero-order valence-corrected chi connectivity index (χ0v) is 47.8. The maximum absolute atomic E-state index is 12.8. The van der Waals surface area contributed by atoms with Crippen molar-refractivity contribution in [3.8, 4) is 0 Å². The molecule has 0 aromatic heterocycles. The number of carbonyl (C=O) groups excluding carboxylic acids is 3. The van der Waals surface area contributed by atoms with Crippen LogP contribution in [0.5, 0.6) is 0 Å². The number of carbonyl (C=O) groups is 3. The Balaban J connectivity index is 4.30. The van der Waals surface area contributed by atoms with Gasteiger partial charge in [0.1, 0.15) is 13.2 Å². The first-order chi connectivity index (χ1) is 36.5. The van der Waals surface area contributed by atoms with Crippen LogP contribution in [-0.2, 0) is 28.6 Å². The van der Waals surface area contributed by atoms with E-state index in [1.807, 2.05) is 0 Å². The SMILES string of the molecule is CC/C=C\C/C=C\C/C=C\C/C=C\C/C=C\C/C=C\C/C=C\C/C=C\CCCCCCCCC(=O)OCC(COC(=O)CCCCCCCCCCCCCC)OC(=O)CCCCC/C=C\C/C=C\C/C=C\CC. The van der Waals surface area contributed by atoms with E-state index < -0.39 is 6.10 Å². The smallest absolute Gasteiger partial charge is 0.306 e. The van der Waals surface area contributed by atoms with Crippen LogP contribution in [0.2, 0.25) is 0 Å². The maximum Gasteiger partial charge on any atom is 0.306 e. The lowest BCUT2D eigenvalue weighted by atomic mass is 10.0. The third kappa shape index (κ3) is 58.4. The third-order valence-electron chi connectivity index (χ3n) is 12.4. The van der Waals surface area contributed by atoms with Gasteiger partial charge >= 0.3 is 17.9 Å². The molecular weight excluding hydrogens is 913 g/mol. The Morgan fingerprint density at radius 1 is 0.284 bits per heavy atom. The minimum absolute atomic E-state index is 0.0960. The standard InChI is InChI=1S/C68H110O6/c1-4-7-10-13-16-19-22-25-26-27-28-29-30-31-32-33-34-35-36-37-38-39-40-41-42-44-46-49-52-55-58-61-67(70)73-64-65(63-72-66(69)60-57-54-51-48-45-24-21-18-15-12-9-6-3)74-68(71)62-59-56-53-50-47-43-23-20-17-14-11-8-5-2/h7-8,10-11,16-17,19-20,25-26,28-29,31-32,34-35,37-38,40-41,43,47,65H,4-6,9,12-15,18,21-24,27,30,33,36,39,42,44-46,48-64H2,1-3H3/b10-7-,11-8-,19-16-,20-17-,26-25-,29-28-,32-31-,35-34-,38-37-,41-40-,47-43-. The molecule has 0 fully saturated rings. The first-order valence-corrected chi connectivity index (χ1v) is 30.2. The summed E-state index contributed by atoms with van der Waals surface area (Å²) in [6.45, 7) is 6.36. The second kappa shape index (κ2) is 61.1. The van der Waals surface area contributed by atoms with Crippen LogP contribution < -0.4 is 0 Å². The highest BCUT2D eigenvalue weighted by Gasteiger charge is 2.19. The fraction of sp³-hybridized carbons (Fsp3) is 0.632. The Morgan fingerprint density at radius 2 is 0.527 bits per heavy atom. The molecule has 418 valence electrons. The molecule has 6 heteroatoms. The summed E-state index contributed by atoms with van der Waals surface area (Å²) in [5.74, 6) is -0.943. The van der Waals surface area contributed by atoms with E-state index in [4.69, 9.17) is 14.2 Å². The molecule has 74 heavy (non-hydrogen) atoms. The summed E-state index contributed by atoms with van der Waals surface area (Å²) in [6, 6.07) is 0. The van der Waals surface area contributed by atoms with Crippen molar-refractivity contribution in [3.63, 3.8) is 0 Å². The first-order valence-electron chi connectivity index (χ1n) is 30.2. The fourth-order valence-corrected chi connectivity index (χ4v) is 7.94. The highest BCUT2D eigenvalue weighted by atomic mass is 16.6. The van der Waals surface area contributed by atoms with E-state index in [1.165, 1.54) is 70.6 Å². The molecule has 0 spiro atoms. The predicted molar refractivity (Wildman–Crippen MR) is 320 cm³/mol. The van der Waals surface area contributed by atoms with Crippen molar-refractivity contribution in [1.29, 1.82) is 0 Å². The average molecular weight is 1020 g/mol. The van der Waals surface area contributed by atoms with Crippen molar-refractivity contribution in [2.45, 2.75) is 264 Å². The minimum Gasteiger partial charge on any atom is -0.462 e. The van der Waals surface area contributed by atoms with Gasteiger partial charge in [0.05, 0.1) is 0 Å². The topological polar surface area (TPSA) is 78.9 Å². The summed E-state index contributed by atoms with van der Waals surface area (Å²) in [5.41, 5.74) is 0. The van der Waals surface area contributed by atoms with Gasteiger partial charge in [-0.3, -0.25) is 14.4 Å². The van der Waals surface area contributed by atoms with Gasteiger partial charge in [-0.1, -0.05) is 257 Å². The van der Waals surface area contributed by atoms with E-state index >= 15 is 0 Å². The summed E-state index contributed by atoms with van der Waals surface area (Å²) >= 11 is 0. The van der Waals surface area contributed by atoms with Gasteiger partial charge in [-0.25, -0.2) is 0 Å². The highest BCUT2D eigenvalue weighted by Crippen LogP contribution is 2.15. The van der Waals surface area contributed by atoms with Crippen molar-refractivity contribution >= 4 is 17.9 Å². The van der Waals surface area contributed by atoms with Crippen LogP contribution in [0.3, 0.4) is 0 Å². The van der Waals surface area contributed by atoms with Crippen LogP contribution in [0.15, 0.2) is 134 Å². The molecule has 0 aliphatic heterocycles. The zero-order chi connectivity index (χ0) is 53.6. The number of ether oxygens (including phenoxy) is 3. The second-order valence-electron chi connectivity index (χ2n) is 19.5. The quantitative estimate of drug-likeness (QED) is 0.0261. The van der Waals surface area contributed by atoms with Gasteiger partial charge in [-0.2, -0.15) is 0 Å². The normalized spacial score (nSPS) is 13.1. The summed E-state index contributed by atoms with van der Waals surface area (Å²) in [4.78, 5) is 38.1. The number of allylic oxidation sites excluding steroid dienone is 22. The molecule has 0 saturated heterocycles. The van der Waals surface area contributed by atoms with E-state index in [2.05, 4.69) is 154 Å². The third-order valence-corrected chi connectivity index (χ3v) is 12.4. The second-order valence-corrected chi connectivity index (χ2v) is 19.5. The summed E-state index contributed by atoms with van der Waals surface area (Å²) in [5, 5.41) is 0. The van der Waals surface area contributed by atoms with E-state index in [0.29, 0.717) is 12.8 Å². The van der Waals surface area contributed by atoms with Gasteiger partial charge in [-0.05, 0) is 116 Å². The molecule has 0 bridgehead atoms. The van der Waals surface area contributed by atoms with Gasteiger partial charge < -0.3 is 14.2 Å². The van der Waals surface area contributed by atoms with E-state index in [0.717, 1.165) is 148 Å². The number of hydrogen-bond donors (Lipinski definition) is 0. The van der Waals surface area contributed by atoms with Crippen molar-refractivity contribution in [2.75, 3.05) is 13.2 Å². The van der Waals surface area contributed by atoms with Gasteiger partial charge in [-0.15, -0.1) is 0 Å². The Kier molecular flexibility index (Phi) is 57.4. The van der Waals surface area contributed by atoms with Gasteiger partial charge in [0.25, 0.3) is 0 Å². The molecule has 0 aliphatic rings. The molecule has 1 atom stereocenters. The minimum atomic E-state index is -0.802. The molecule has 0 radical (unpaired) electrons. The molecule has 0 saturated carbocycles. The first kappa shape index (κ1) is 69.5. The molecule has 0 rings (SSSR count). The molecule has 6 nitrogen and oxygen atoms in total. The lowest BCUT2D eigenvalue weighted by Crippen LogP contribution is -2.30. The molecule has 0 heterocycles. The molecule has 1 unspecified atom stereocenters. The van der Waals surface area contributed by atoms with E-state index in [-0.39, 0.29) is 37.5 Å². The van der Waals surface area contributed by atoms with Crippen molar-refractivity contribution in [1.82, 2.24) is 0 Å². The van der Waals surface area contributed by atoms with Gasteiger partial charge in [0, 0.05) is 19.3 Å². The molecule has 0 aromatic carbocycles. The van der Waals surface area contributed by atoms with Crippen LogP contribution >= 0.6 is 0 Å². The Morgan fingerprint density at radius 3 is 0.838 bits per heavy atom. The fourth-order valence-electron chi connectivity index (χ4n) is 7.94. The average Bonchev–Trinajstić information content (AvgIpc) is 3.40. The van der Waals surface area contributed by atoms with Crippen LogP contribution in [0.25, 0.3) is 0 Å². The van der Waals surface area contributed by atoms with Crippen LogP contribution in [-0.4, -0.2) is 37.2 Å². The lowest BCUT2D eigenvalue weighted by molar-refractivity contribution is -0.167. The summed E-state index contributed by atoms with van der Waals surface area (Å²) in [6.07, 6.45) is 86.0. The van der Waals surface area contributed by atoms with E-state index in [1.54, 1.807) is 0 Å². The predicted octanol–water partition coefficient (Wildman–Crippen LogP) is 20.6. The molecule has 0 aromatic rings. The highest BCUT2D eigenvalue weighted by molar-refractivity contribution is 5.71. The van der Waals surface area contributed by atoms with Crippen molar-refractivity contribution < 1.29 is 28.6 Å². The monoisotopic (exact) mass is 1020 g/mol. The Hall–Kier alpha value is -4.45. The van der Waals surface area contributed by atoms with Crippen molar-refractivity contribution in [2.24, 2.45) is 0 Å². The van der Waals surface area contributed by atoms with Gasteiger partial charge in [0.15, 0.2) is 6.10 Å². The summed E-state index contributed by atoms with van der Waals surface area (Å²) < 4.78 is 16.8. The number of esters is 3. The molecular formula is C68H110O6. The molecule has 0 aliphatic carbocycles. The van der Waals surface area contributed by atoms with Gasteiger partial charge in [0.2, 0.25) is 0 Å². The number of hydrogen-bond acceptors (Lipinski definition) is 6. The number of rotatable bonds is 53. The molecule has 0 amide bonds. The van der Waals surface area contributed by atoms with Crippen LogP contribution in [0, 0.1) is 0 Å². The number of unbranched alkanes of at least 4 members (excludes halogenated alkanes) is 20.